The molecule has 4 N–H and O–H groups in total. The van der Waals surface area contributed by atoms with E-state index in [0.29, 0.717) is 23.4 Å². The second kappa shape index (κ2) is 9.34. The van der Waals surface area contributed by atoms with Crippen molar-refractivity contribution in [2.24, 2.45) is 0 Å². The number of carbonyl (C=O) groups is 2. The van der Waals surface area contributed by atoms with Gasteiger partial charge in [0.25, 0.3) is 5.91 Å². The van der Waals surface area contributed by atoms with Crippen LogP contribution >= 0.6 is 0 Å². The molecule has 0 aliphatic carbocycles. The molecule has 0 aromatic heterocycles. The van der Waals surface area contributed by atoms with Crippen LogP contribution in [0.15, 0.2) is 53.4 Å². The lowest BCUT2D eigenvalue weighted by Crippen LogP contribution is -2.32. The zero-order chi connectivity index (χ0) is 20.7. The summed E-state index contributed by atoms with van der Waals surface area (Å²) < 4.78 is 27.1. The van der Waals surface area contributed by atoms with Gasteiger partial charge in [0, 0.05) is 30.0 Å². The van der Waals surface area contributed by atoms with Crippen molar-refractivity contribution in [1.82, 2.24) is 10.0 Å². The van der Waals surface area contributed by atoms with E-state index >= 15 is 0 Å². The van der Waals surface area contributed by atoms with E-state index in [9.17, 15) is 18.0 Å². The SMILES string of the molecule is CCC(C)NS(=O)(=O)c1ccc(C(=O)Nc2ccc(NC(=O)NC)cc2)cc1. The monoisotopic (exact) mass is 404 g/mol. The molecule has 0 radical (unpaired) electrons. The van der Waals surface area contributed by atoms with Gasteiger partial charge in [0.05, 0.1) is 4.90 Å². The van der Waals surface area contributed by atoms with Crippen LogP contribution in [-0.4, -0.2) is 33.4 Å². The Kier molecular flexibility index (Phi) is 7.13. The summed E-state index contributed by atoms with van der Waals surface area (Å²) in [6.07, 6.45) is 0.678. The number of sulfonamides is 1. The largest absolute Gasteiger partial charge is 0.341 e. The Balaban J connectivity index is 2.04. The first-order chi connectivity index (χ1) is 13.2. The quantitative estimate of drug-likeness (QED) is 0.568. The van der Waals surface area contributed by atoms with Gasteiger partial charge in [0.2, 0.25) is 10.0 Å². The molecule has 0 spiro atoms. The van der Waals surface area contributed by atoms with Gasteiger partial charge in [0.1, 0.15) is 0 Å². The Morgan fingerprint density at radius 1 is 0.929 bits per heavy atom. The fourth-order valence-corrected chi connectivity index (χ4v) is 3.56. The highest BCUT2D eigenvalue weighted by atomic mass is 32.2. The number of nitrogens with one attached hydrogen (secondary N) is 4. The molecular weight excluding hydrogens is 380 g/mol. The number of carbonyl (C=O) groups excluding carboxylic acids is 2. The van der Waals surface area contributed by atoms with Crippen molar-refractivity contribution in [2.75, 3.05) is 17.7 Å². The fraction of sp³-hybridized carbons (Fsp3) is 0.263. The Bertz CT molecular complexity index is 925. The van der Waals surface area contributed by atoms with Crippen molar-refractivity contribution in [3.8, 4) is 0 Å². The van der Waals surface area contributed by atoms with Crippen LogP contribution in [0.1, 0.15) is 30.6 Å². The van der Waals surface area contributed by atoms with Crippen LogP contribution in [0, 0.1) is 0 Å². The zero-order valence-corrected chi connectivity index (χ0v) is 16.8. The lowest BCUT2D eigenvalue weighted by Gasteiger charge is -2.12. The smallest absolute Gasteiger partial charge is 0.318 e. The van der Waals surface area contributed by atoms with E-state index in [1.165, 1.54) is 31.3 Å². The Hall–Kier alpha value is -2.91. The van der Waals surface area contributed by atoms with E-state index < -0.39 is 10.0 Å². The first kappa shape index (κ1) is 21.4. The third-order valence-electron chi connectivity index (χ3n) is 4.02. The summed E-state index contributed by atoms with van der Waals surface area (Å²) >= 11 is 0. The molecule has 0 heterocycles. The number of urea groups is 1. The normalized spacial score (nSPS) is 12.1. The number of rotatable bonds is 7. The number of hydrogen-bond acceptors (Lipinski definition) is 4. The molecule has 0 aliphatic heterocycles. The minimum Gasteiger partial charge on any atom is -0.341 e. The van der Waals surface area contributed by atoms with Crippen molar-refractivity contribution in [3.05, 3.63) is 54.1 Å². The maximum Gasteiger partial charge on any atom is 0.318 e. The van der Waals surface area contributed by atoms with Crippen LogP contribution in [0.3, 0.4) is 0 Å². The molecule has 150 valence electrons. The summed E-state index contributed by atoms with van der Waals surface area (Å²) in [4.78, 5) is 23.7. The lowest BCUT2D eigenvalue weighted by molar-refractivity contribution is 0.102. The van der Waals surface area contributed by atoms with Gasteiger partial charge in [-0.05, 0) is 61.9 Å². The number of benzene rings is 2. The van der Waals surface area contributed by atoms with Crippen molar-refractivity contribution in [2.45, 2.75) is 31.2 Å². The van der Waals surface area contributed by atoms with Crippen LogP contribution in [0.4, 0.5) is 16.2 Å². The highest BCUT2D eigenvalue weighted by molar-refractivity contribution is 7.89. The van der Waals surface area contributed by atoms with Crippen LogP contribution in [-0.2, 0) is 10.0 Å². The summed E-state index contributed by atoms with van der Waals surface area (Å²) in [6.45, 7) is 3.68. The summed E-state index contributed by atoms with van der Waals surface area (Å²) in [6, 6.07) is 11.8. The molecule has 0 aliphatic rings. The van der Waals surface area contributed by atoms with Crippen LogP contribution in [0.5, 0.6) is 0 Å². The van der Waals surface area contributed by atoms with E-state index in [-0.39, 0.29) is 22.9 Å². The Morgan fingerprint density at radius 2 is 1.46 bits per heavy atom. The lowest BCUT2D eigenvalue weighted by atomic mass is 10.2. The minimum absolute atomic E-state index is 0.106. The number of amides is 3. The van der Waals surface area contributed by atoms with E-state index in [4.69, 9.17) is 0 Å². The van der Waals surface area contributed by atoms with Crippen molar-refractivity contribution in [3.63, 3.8) is 0 Å². The topological polar surface area (TPSA) is 116 Å². The highest BCUT2D eigenvalue weighted by Gasteiger charge is 2.17. The van der Waals surface area contributed by atoms with Gasteiger partial charge in [-0.2, -0.15) is 0 Å². The summed E-state index contributed by atoms with van der Waals surface area (Å²) in [5, 5.41) is 7.78. The van der Waals surface area contributed by atoms with Crippen molar-refractivity contribution >= 4 is 33.3 Å². The predicted molar refractivity (Wildman–Crippen MR) is 109 cm³/mol. The molecule has 0 fully saturated rings. The molecule has 0 saturated carbocycles. The molecule has 8 nitrogen and oxygen atoms in total. The maximum absolute atomic E-state index is 12.4. The third kappa shape index (κ3) is 5.80. The van der Waals surface area contributed by atoms with Crippen LogP contribution in [0.2, 0.25) is 0 Å². The van der Waals surface area contributed by atoms with Gasteiger partial charge in [-0.3, -0.25) is 4.79 Å². The Morgan fingerprint density at radius 3 is 1.96 bits per heavy atom. The highest BCUT2D eigenvalue weighted by Crippen LogP contribution is 2.16. The van der Waals surface area contributed by atoms with Gasteiger partial charge >= 0.3 is 6.03 Å². The molecule has 1 atom stereocenters. The molecule has 0 bridgehead atoms. The molecule has 9 heteroatoms. The van der Waals surface area contributed by atoms with Crippen molar-refractivity contribution < 1.29 is 18.0 Å². The summed E-state index contributed by atoms with van der Waals surface area (Å²) in [7, 11) is -2.10. The molecule has 3 amide bonds. The third-order valence-corrected chi connectivity index (χ3v) is 5.63. The summed E-state index contributed by atoms with van der Waals surface area (Å²) in [5.41, 5.74) is 1.46. The molecule has 1 unspecified atom stereocenters. The average Bonchev–Trinajstić information content (AvgIpc) is 2.69. The second-order valence-corrected chi connectivity index (χ2v) is 7.90. The van der Waals surface area contributed by atoms with E-state index in [0.717, 1.165) is 0 Å². The second-order valence-electron chi connectivity index (χ2n) is 6.19. The maximum atomic E-state index is 12.4. The minimum atomic E-state index is -3.61. The van der Waals surface area contributed by atoms with Gasteiger partial charge < -0.3 is 16.0 Å². The van der Waals surface area contributed by atoms with Crippen LogP contribution in [0.25, 0.3) is 0 Å². The standard InChI is InChI=1S/C19H24N4O4S/c1-4-13(2)23-28(26,27)17-11-5-14(6-12-17)18(24)21-15-7-9-16(10-8-15)22-19(25)20-3/h5-13,23H,4H2,1-3H3,(H,21,24)(H2,20,22,25). The number of hydrogen-bond donors (Lipinski definition) is 4. The van der Waals surface area contributed by atoms with Crippen LogP contribution < -0.4 is 20.7 Å². The average molecular weight is 404 g/mol. The summed E-state index contributed by atoms with van der Waals surface area (Å²) in [5.74, 6) is -0.370. The van der Waals surface area contributed by atoms with Gasteiger partial charge in [0.15, 0.2) is 0 Å². The van der Waals surface area contributed by atoms with E-state index in [1.807, 2.05) is 6.92 Å². The fourth-order valence-electron chi connectivity index (χ4n) is 2.24. The number of anilines is 2. The first-order valence-corrected chi connectivity index (χ1v) is 10.3. The van der Waals surface area contributed by atoms with Gasteiger partial charge in [-0.25, -0.2) is 17.9 Å². The van der Waals surface area contributed by atoms with E-state index in [2.05, 4.69) is 20.7 Å². The Labute approximate surface area is 164 Å². The molecule has 2 aromatic carbocycles. The van der Waals surface area contributed by atoms with E-state index in [1.54, 1.807) is 31.2 Å². The molecule has 2 rings (SSSR count). The molecule has 0 saturated heterocycles. The molecular formula is C19H24N4O4S. The predicted octanol–water partition coefficient (Wildman–Crippen LogP) is 2.77. The zero-order valence-electron chi connectivity index (χ0n) is 15.9. The van der Waals surface area contributed by atoms with Gasteiger partial charge in [-0.1, -0.05) is 6.92 Å². The van der Waals surface area contributed by atoms with Gasteiger partial charge in [-0.15, -0.1) is 0 Å². The first-order valence-electron chi connectivity index (χ1n) is 8.77. The van der Waals surface area contributed by atoms with Crippen molar-refractivity contribution in [1.29, 1.82) is 0 Å². The molecule has 28 heavy (non-hydrogen) atoms. The molecule has 2 aromatic rings.